The lowest BCUT2D eigenvalue weighted by molar-refractivity contribution is 0.0468. The lowest BCUT2D eigenvalue weighted by atomic mass is 10.1. The number of carbonyl (C=O) groups is 1. The molecule has 0 fully saturated rings. The van der Waals surface area contributed by atoms with Crippen LogP contribution in [0.3, 0.4) is 0 Å². The van der Waals surface area contributed by atoms with Gasteiger partial charge in [-0.25, -0.2) is 18.2 Å². The molecule has 7 nitrogen and oxygen atoms in total. The Kier molecular flexibility index (Phi) is 6.73. The summed E-state index contributed by atoms with van der Waals surface area (Å²) in [6, 6.07) is 11.9. The summed E-state index contributed by atoms with van der Waals surface area (Å²) >= 11 is 1.40. The van der Waals surface area contributed by atoms with Gasteiger partial charge in [0.05, 0.1) is 36.8 Å². The average Bonchev–Trinajstić information content (AvgIpc) is 3.19. The Morgan fingerprint density at radius 3 is 2.57 bits per heavy atom. The van der Waals surface area contributed by atoms with Crippen LogP contribution in [-0.4, -0.2) is 39.8 Å². The molecule has 0 atom stereocenters. The molecule has 3 rings (SSSR count). The monoisotopic (exact) mass is 447 g/mol. The van der Waals surface area contributed by atoms with Crippen molar-refractivity contribution in [2.45, 2.75) is 12.4 Å². The minimum Gasteiger partial charge on any atom is -0.493 e. The van der Waals surface area contributed by atoms with Gasteiger partial charge in [-0.2, -0.15) is 0 Å². The second-order valence-corrected chi connectivity index (χ2v) is 9.53. The number of sulfone groups is 1. The number of carbonyl (C=O) groups excluding carboxylic acids is 1. The van der Waals surface area contributed by atoms with E-state index in [4.69, 9.17) is 14.2 Å². The van der Waals surface area contributed by atoms with Gasteiger partial charge in [-0.15, -0.1) is 11.3 Å². The first-order chi connectivity index (χ1) is 14.3. The zero-order chi connectivity index (χ0) is 21.7. The van der Waals surface area contributed by atoms with Gasteiger partial charge < -0.3 is 14.2 Å². The molecule has 1 aromatic heterocycles. The summed E-state index contributed by atoms with van der Waals surface area (Å²) in [7, 11) is -0.0555. The molecule has 0 bridgehead atoms. The van der Waals surface area contributed by atoms with Gasteiger partial charge in [0.15, 0.2) is 21.3 Å². The maximum Gasteiger partial charge on any atom is 0.338 e. The van der Waals surface area contributed by atoms with E-state index in [9.17, 15) is 13.2 Å². The summed E-state index contributed by atoms with van der Waals surface area (Å²) in [5.74, 6) is 0.512. The first-order valence-electron chi connectivity index (χ1n) is 8.90. The van der Waals surface area contributed by atoms with Crippen LogP contribution in [0.2, 0.25) is 0 Å². The van der Waals surface area contributed by atoms with Crippen LogP contribution in [0.1, 0.15) is 21.6 Å². The highest BCUT2D eigenvalue weighted by atomic mass is 32.2. The van der Waals surface area contributed by atoms with Crippen molar-refractivity contribution in [2.24, 2.45) is 0 Å². The van der Waals surface area contributed by atoms with E-state index < -0.39 is 15.8 Å². The van der Waals surface area contributed by atoms with Crippen molar-refractivity contribution in [1.82, 2.24) is 4.98 Å². The summed E-state index contributed by atoms with van der Waals surface area (Å²) in [5, 5.41) is 2.52. The number of benzene rings is 2. The second-order valence-electron chi connectivity index (χ2n) is 6.53. The van der Waals surface area contributed by atoms with Gasteiger partial charge >= 0.3 is 5.97 Å². The molecule has 9 heteroatoms. The van der Waals surface area contributed by atoms with E-state index in [1.54, 1.807) is 38.5 Å². The molecule has 30 heavy (non-hydrogen) atoms. The van der Waals surface area contributed by atoms with Crippen LogP contribution in [0.25, 0.3) is 10.6 Å². The maximum atomic E-state index is 12.4. The number of rotatable bonds is 8. The predicted octanol–water partition coefficient (Wildman–Crippen LogP) is 3.73. The molecule has 0 radical (unpaired) electrons. The van der Waals surface area contributed by atoms with Gasteiger partial charge in [-0.1, -0.05) is 18.2 Å². The molecule has 158 valence electrons. The van der Waals surface area contributed by atoms with E-state index in [-0.39, 0.29) is 12.4 Å². The number of ether oxygens (including phenoxy) is 3. The number of aromatic nitrogens is 1. The van der Waals surface area contributed by atoms with Gasteiger partial charge in [-0.05, 0) is 29.8 Å². The Labute approximate surface area is 179 Å². The third-order valence-electron chi connectivity index (χ3n) is 4.13. The van der Waals surface area contributed by atoms with Gasteiger partial charge in [0.25, 0.3) is 0 Å². The lowest BCUT2D eigenvalue weighted by Crippen LogP contribution is -2.07. The standard InChI is InChI=1S/C21H21NO6S2/c1-26-18-9-5-8-17(19(18)27-2)20-22-16(12-29-20)11-28-21(23)15-7-4-6-14(10-15)13-30(3,24)25/h4-10,12H,11,13H2,1-3H3. The summed E-state index contributed by atoms with van der Waals surface area (Å²) in [6.07, 6.45) is 1.15. The van der Waals surface area contributed by atoms with Crippen molar-refractivity contribution in [2.75, 3.05) is 20.5 Å². The molecule has 0 amide bonds. The quantitative estimate of drug-likeness (QED) is 0.486. The van der Waals surface area contributed by atoms with Gasteiger partial charge in [-0.3, -0.25) is 0 Å². The molecule has 0 aliphatic rings. The van der Waals surface area contributed by atoms with E-state index in [0.29, 0.717) is 33.3 Å². The molecule has 0 unspecified atom stereocenters. The van der Waals surface area contributed by atoms with Gasteiger partial charge in [0.2, 0.25) is 0 Å². The van der Waals surface area contributed by atoms with Gasteiger partial charge in [0.1, 0.15) is 11.6 Å². The smallest absolute Gasteiger partial charge is 0.338 e. The van der Waals surface area contributed by atoms with Crippen molar-refractivity contribution in [3.05, 3.63) is 64.7 Å². The van der Waals surface area contributed by atoms with E-state index in [0.717, 1.165) is 11.8 Å². The van der Waals surface area contributed by atoms with Crippen LogP contribution in [-0.2, 0) is 26.9 Å². The number of para-hydroxylation sites is 1. The minimum atomic E-state index is -3.19. The summed E-state index contributed by atoms with van der Waals surface area (Å²) in [6.45, 7) is -0.00206. The van der Waals surface area contributed by atoms with Crippen molar-refractivity contribution < 1.29 is 27.4 Å². The first kappa shape index (κ1) is 21.8. The first-order valence-corrected chi connectivity index (χ1v) is 11.8. The van der Waals surface area contributed by atoms with Crippen LogP contribution < -0.4 is 9.47 Å². The van der Waals surface area contributed by atoms with Crippen LogP contribution in [0.4, 0.5) is 0 Å². The molecule has 1 heterocycles. The number of esters is 1. The predicted molar refractivity (Wildman–Crippen MR) is 115 cm³/mol. The van der Waals surface area contributed by atoms with Crippen LogP contribution >= 0.6 is 11.3 Å². The van der Waals surface area contributed by atoms with Crippen LogP contribution in [0.5, 0.6) is 11.5 Å². The van der Waals surface area contributed by atoms with E-state index in [2.05, 4.69) is 4.98 Å². The van der Waals surface area contributed by atoms with E-state index in [1.807, 2.05) is 17.5 Å². The zero-order valence-corrected chi connectivity index (χ0v) is 18.4. The largest absolute Gasteiger partial charge is 0.493 e. The molecular weight excluding hydrogens is 426 g/mol. The molecular formula is C21H21NO6S2. The minimum absolute atomic E-state index is 0.00206. The van der Waals surface area contributed by atoms with Crippen LogP contribution in [0, 0.1) is 0 Å². The fourth-order valence-electron chi connectivity index (χ4n) is 2.87. The van der Waals surface area contributed by atoms with E-state index in [1.165, 1.54) is 17.4 Å². The third-order valence-corrected chi connectivity index (χ3v) is 5.91. The number of thiazole rings is 1. The molecule has 0 saturated heterocycles. The second kappa shape index (κ2) is 9.27. The fraction of sp³-hybridized carbons (Fsp3) is 0.238. The number of nitrogens with zero attached hydrogens (tertiary/aromatic N) is 1. The fourth-order valence-corrected chi connectivity index (χ4v) is 4.48. The van der Waals surface area contributed by atoms with Gasteiger partial charge in [0, 0.05) is 11.6 Å². The molecule has 0 aliphatic heterocycles. The average molecular weight is 448 g/mol. The lowest BCUT2D eigenvalue weighted by Gasteiger charge is -2.10. The topological polar surface area (TPSA) is 91.8 Å². The Balaban J connectivity index is 1.71. The summed E-state index contributed by atoms with van der Waals surface area (Å²) in [5.41, 5.74) is 2.21. The van der Waals surface area contributed by atoms with Crippen LogP contribution in [0.15, 0.2) is 47.8 Å². The molecule has 0 saturated carbocycles. The maximum absolute atomic E-state index is 12.4. The Morgan fingerprint density at radius 2 is 1.87 bits per heavy atom. The summed E-state index contributed by atoms with van der Waals surface area (Å²) < 4.78 is 39.0. The molecule has 3 aromatic rings. The number of methoxy groups -OCH3 is 2. The number of hydrogen-bond donors (Lipinski definition) is 0. The normalized spacial score (nSPS) is 11.2. The zero-order valence-electron chi connectivity index (χ0n) is 16.7. The molecule has 0 aliphatic carbocycles. The molecule has 0 spiro atoms. The number of hydrogen-bond acceptors (Lipinski definition) is 8. The Bertz CT molecular complexity index is 1150. The molecule has 0 N–H and O–H groups in total. The Morgan fingerprint density at radius 1 is 1.10 bits per heavy atom. The summed E-state index contributed by atoms with van der Waals surface area (Å²) in [4.78, 5) is 16.9. The highest BCUT2D eigenvalue weighted by Gasteiger charge is 2.16. The van der Waals surface area contributed by atoms with Crippen molar-refractivity contribution in [3.8, 4) is 22.1 Å². The molecule has 2 aromatic carbocycles. The third kappa shape index (κ3) is 5.37. The van der Waals surface area contributed by atoms with Crippen molar-refractivity contribution >= 4 is 27.1 Å². The highest BCUT2D eigenvalue weighted by molar-refractivity contribution is 7.89. The van der Waals surface area contributed by atoms with Crippen molar-refractivity contribution in [3.63, 3.8) is 0 Å². The SMILES string of the molecule is COc1cccc(-c2nc(COC(=O)c3cccc(CS(C)(=O)=O)c3)cs2)c1OC. The Hall–Kier alpha value is -2.91. The van der Waals surface area contributed by atoms with Crippen molar-refractivity contribution in [1.29, 1.82) is 0 Å². The van der Waals surface area contributed by atoms with E-state index >= 15 is 0 Å². The highest BCUT2D eigenvalue weighted by Crippen LogP contribution is 2.39.